The summed E-state index contributed by atoms with van der Waals surface area (Å²) in [4.78, 5) is 21.3. The van der Waals surface area contributed by atoms with Crippen molar-refractivity contribution in [1.29, 1.82) is 0 Å². The Morgan fingerprint density at radius 3 is 2.92 bits per heavy atom. The lowest BCUT2D eigenvalue weighted by Gasteiger charge is -2.10. The third-order valence-corrected chi connectivity index (χ3v) is 5.23. The molecule has 0 spiro atoms. The quantitative estimate of drug-likeness (QED) is 0.527. The van der Waals surface area contributed by atoms with Crippen molar-refractivity contribution >= 4 is 27.2 Å². The van der Waals surface area contributed by atoms with Crippen LogP contribution in [0.5, 0.6) is 17.4 Å². The molecule has 24 heavy (non-hydrogen) atoms. The zero-order chi connectivity index (χ0) is 16.7. The maximum Gasteiger partial charge on any atom is 0.273 e. The highest BCUT2D eigenvalue weighted by molar-refractivity contribution is 7.18. The lowest BCUT2D eigenvalue weighted by atomic mass is 10.2. The van der Waals surface area contributed by atoms with Crippen LogP contribution in [0, 0.1) is 10.1 Å². The van der Waals surface area contributed by atoms with Crippen LogP contribution >= 0.6 is 11.3 Å². The van der Waals surface area contributed by atoms with Crippen LogP contribution in [-0.4, -0.2) is 22.0 Å². The zero-order valence-electron chi connectivity index (χ0n) is 12.8. The predicted molar refractivity (Wildman–Crippen MR) is 89.2 cm³/mol. The van der Waals surface area contributed by atoms with Crippen molar-refractivity contribution in [2.45, 2.75) is 19.3 Å². The minimum atomic E-state index is -0.468. The van der Waals surface area contributed by atoms with Crippen LogP contribution in [-0.2, 0) is 12.8 Å². The average molecular weight is 343 g/mol. The van der Waals surface area contributed by atoms with Crippen LogP contribution < -0.4 is 9.47 Å². The summed E-state index contributed by atoms with van der Waals surface area (Å²) in [5, 5.41) is 11.9. The number of non-ortho nitro benzene ring substituents is 1. The molecule has 0 amide bonds. The van der Waals surface area contributed by atoms with Gasteiger partial charge >= 0.3 is 0 Å². The third-order valence-electron chi connectivity index (χ3n) is 4.03. The lowest BCUT2D eigenvalue weighted by Crippen LogP contribution is -1.96. The third kappa shape index (κ3) is 2.35. The van der Waals surface area contributed by atoms with E-state index < -0.39 is 4.92 Å². The lowest BCUT2D eigenvalue weighted by molar-refractivity contribution is -0.384. The average Bonchev–Trinajstić information content (AvgIpc) is 3.15. The summed E-state index contributed by atoms with van der Waals surface area (Å²) >= 11 is 1.66. The fourth-order valence-corrected chi connectivity index (χ4v) is 4.16. The molecule has 8 heteroatoms. The summed E-state index contributed by atoms with van der Waals surface area (Å²) in [5.74, 6) is 1.10. The number of nitrogens with zero attached hydrogens (tertiary/aromatic N) is 3. The first-order valence-corrected chi connectivity index (χ1v) is 8.24. The standard InChI is InChI=1S/C16H13N3O4S/c1-22-11-6-5-9(19(20)21)7-12(11)23-15-14-10-3-2-4-13(10)24-16(14)18-8-17-15/h5-8H,2-4H2,1H3. The number of hydrogen-bond donors (Lipinski definition) is 0. The van der Waals surface area contributed by atoms with Gasteiger partial charge in [-0.2, -0.15) is 0 Å². The van der Waals surface area contributed by atoms with E-state index in [1.54, 1.807) is 11.3 Å². The molecule has 7 nitrogen and oxygen atoms in total. The molecule has 3 aromatic rings. The molecule has 1 aromatic carbocycles. The number of nitro benzene ring substituents is 1. The van der Waals surface area contributed by atoms with Crippen LogP contribution in [0.2, 0.25) is 0 Å². The second-order valence-electron chi connectivity index (χ2n) is 5.41. The number of thiophene rings is 1. The van der Waals surface area contributed by atoms with Crippen molar-refractivity contribution in [2.75, 3.05) is 7.11 Å². The summed E-state index contributed by atoms with van der Waals surface area (Å²) < 4.78 is 11.2. The number of rotatable bonds is 4. The summed E-state index contributed by atoms with van der Waals surface area (Å²) in [5.41, 5.74) is 1.17. The number of methoxy groups -OCH3 is 1. The maximum atomic E-state index is 11.0. The highest BCUT2D eigenvalue weighted by Crippen LogP contribution is 2.42. The SMILES string of the molecule is COc1ccc([N+](=O)[O-])cc1Oc1ncnc2sc3c(c12)CCC3. The van der Waals surface area contributed by atoms with E-state index in [1.165, 1.54) is 42.1 Å². The van der Waals surface area contributed by atoms with Crippen molar-refractivity contribution < 1.29 is 14.4 Å². The summed E-state index contributed by atoms with van der Waals surface area (Å²) in [7, 11) is 1.49. The van der Waals surface area contributed by atoms with Crippen molar-refractivity contribution in [3.63, 3.8) is 0 Å². The fourth-order valence-electron chi connectivity index (χ4n) is 2.94. The minimum Gasteiger partial charge on any atom is -0.493 e. The van der Waals surface area contributed by atoms with Crippen molar-refractivity contribution in [3.05, 3.63) is 45.1 Å². The van der Waals surface area contributed by atoms with Crippen LogP contribution in [0.15, 0.2) is 24.5 Å². The highest BCUT2D eigenvalue weighted by Gasteiger charge is 2.23. The maximum absolute atomic E-state index is 11.0. The zero-order valence-corrected chi connectivity index (χ0v) is 13.6. The van der Waals surface area contributed by atoms with Crippen molar-refractivity contribution in [2.24, 2.45) is 0 Å². The molecular weight excluding hydrogens is 330 g/mol. The van der Waals surface area contributed by atoms with E-state index in [-0.39, 0.29) is 11.4 Å². The van der Waals surface area contributed by atoms with Gasteiger partial charge in [0, 0.05) is 10.9 Å². The van der Waals surface area contributed by atoms with Crippen LogP contribution in [0.3, 0.4) is 0 Å². The molecule has 1 aliphatic rings. The Balaban J connectivity index is 1.82. The molecule has 2 aromatic heterocycles. The number of hydrogen-bond acceptors (Lipinski definition) is 7. The molecule has 0 saturated heterocycles. The van der Waals surface area contributed by atoms with E-state index in [1.807, 2.05) is 0 Å². The first-order chi connectivity index (χ1) is 11.7. The van der Waals surface area contributed by atoms with E-state index in [9.17, 15) is 10.1 Å². The van der Waals surface area contributed by atoms with Crippen LogP contribution in [0.25, 0.3) is 10.2 Å². The van der Waals surface area contributed by atoms with Gasteiger partial charge in [-0.3, -0.25) is 10.1 Å². The molecule has 0 bridgehead atoms. The molecule has 0 saturated carbocycles. The monoisotopic (exact) mass is 343 g/mol. The van der Waals surface area contributed by atoms with Gasteiger partial charge in [0.25, 0.3) is 5.69 Å². The Morgan fingerprint density at radius 2 is 2.12 bits per heavy atom. The molecule has 0 unspecified atom stereocenters. The number of benzene rings is 1. The van der Waals surface area contributed by atoms with E-state index in [0.29, 0.717) is 11.6 Å². The van der Waals surface area contributed by atoms with E-state index >= 15 is 0 Å². The predicted octanol–water partition coefficient (Wildman–Crippen LogP) is 3.89. The van der Waals surface area contributed by atoms with E-state index in [4.69, 9.17) is 9.47 Å². The minimum absolute atomic E-state index is 0.0633. The smallest absolute Gasteiger partial charge is 0.273 e. The number of ether oxygens (including phenoxy) is 2. The normalized spacial score (nSPS) is 13.0. The summed E-state index contributed by atoms with van der Waals surface area (Å²) in [6.45, 7) is 0. The number of nitro groups is 1. The first-order valence-electron chi connectivity index (χ1n) is 7.43. The molecular formula is C16H13N3O4S. The Morgan fingerprint density at radius 1 is 1.25 bits per heavy atom. The topological polar surface area (TPSA) is 87.4 Å². The molecule has 2 heterocycles. The molecule has 4 rings (SSSR count). The first kappa shape index (κ1) is 14.8. The molecule has 0 aliphatic heterocycles. The molecule has 0 atom stereocenters. The fraction of sp³-hybridized carbons (Fsp3) is 0.250. The van der Waals surface area contributed by atoms with Gasteiger partial charge in [-0.25, -0.2) is 9.97 Å². The number of aromatic nitrogens is 2. The highest BCUT2D eigenvalue weighted by atomic mass is 32.1. The van der Waals surface area contributed by atoms with E-state index in [2.05, 4.69) is 9.97 Å². The van der Waals surface area contributed by atoms with Crippen molar-refractivity contribution in [3.8, 4) is 17.4 Å². The largest absolute Gasteiger partial charge is 0.493 e. The summed E-state index contributed by atoms with van der Waals surface area (Å²) in [6.07, 6.45) is 4.60. The van der Waals surface area contributed by atoms with Gasteiger partial charge in [0.2, 0.25) is 5.88 Å². The van der Waals surface area contributed by atoms with Crippen LogP contribution in [0.1, 0.15) is 16.9 Å². The molecule has 1 aliphatic carbocycles. The number of aryl methyl sites for hydroxylation is 2. The van der Waals surface area contributed by atoms with Crippen molar-refractivity contribution in [1.82, 2.24) is 9.97 Å². The van der Waals surface area contributed by atoms with Gasteiger partial charge in [-0.15, -0.1) is 11.3 Å². The Kier molecular flexibility index (Phi) is 3.53. The van der Waals surface area contributed by atoms with Gasteiger partial charge in [-0.1, -0.05) is 0 Å². The summed E-state index contributed by atoms with van der Waals surface area (Å²) in [6, 6.07) is 4.24. The molecule has 0 radical (unpaired) electrons. The Hall–Kier alpha value is -2.74. The second kappa shape index (κ2) is 5.72. The van der Waals surface area contributed by atoms with Gasteiger partial charge in [0.1, 0.15) is 11.2 Å². The van der Waals surface area contributed by atoms with Gasteiger partial charge < -0.3 is 9.47 Å². The molecule has 122 valence electrons. The van der Waals surface area contributed by atoms with Gasteiger partial charge in [0.15, 0.2) is 11.5 Å². The molecule has 0 N–H and O–H groups in total. The van der Waals surface area contributed by atoms with E-state index in [0.717, 1.165) is 29.5 Å². The van der Waals surface area contributed by atoms with Crippen LogP contribution in [0.4, 0.5) is 5.69 Å². The number of fused-ring (bicyclic) bond motifs is 3. The van der Waals surface area contributed by atoms with Gasteiger partial charge in [0.05, 0.1) is 23.5 Å². The Bertz CT molecular complexity index is 954. The van der Waals surface area contributed by atoms with Gasteiger partial charge in [-0.05, 0) is 30.9 Å². The molecule has 0 fully saturated rings. The Labute approximate surface area is 141 Å². The second-order valence-corrected chi connectivity index (χ2v) is 6.49.